The summed E-state index contributed by atoms with van der Waals surface area (Å²) in [5, 5.41) is 12.6. The predicted octanol–water partition coefficient (Wildman–Crippen LogP) is 4.40. The van der Waals surface area contributed by atoms with Crippen LogP contribution in [-0.2, 0) is 39.7 Å². The molecule has 1 aliphatic heterocycles. The van der Waals surface area contributed by atoms with Gasteiger partial charge in [0.15, 0.2) is 9.84 Å². The molecule has 12 heteroatoms. The molecule has 1 aromatic heterocycles. The van der Waals surface area contributed by atoms with Crippen molar-refractivity contribution in [2.75, 3.05) is 12.3 Å². The van der Waals surface area contributed by atoms with Crippen molar-refractivity contribution < 1.29 is 36.6 Å². The normalized spacial score (nSPS) is 17.2. The van der Waals surface area contributed by atoms with Gasteiger partial charge in [0.05, 0.1) is 16.2 Å². The zero-order chi connectivity index (χ0) is 30.7. The van der Waals surface area contributed by atoms with Crippen LogP contribution in [0.25, 0.3) is 0 Å². The summed E-state index contributed by atoms with van der Waals surface area (Å²) in [5.41, 5.74) is 1.73. The predicted molar refractivity (Wildman–Crippen MR) is 151 cm³/mol. The summed E-state index contributed by atoms with van der Waals surface area (Å²) >= 11 is 0. The molecule has 2 N–H and O–H groups in total. The Kier molecular flexibility index (Phi) is 9.27. The molecular formula is C30H33F2N3O6S. The highest BCUT2D eigenvalue weighted by atomic mass is 32.2. The van der Waals surface area contributed by atoms with Gasteiger partial charge in [0, 0.05) is 31.9 Å². The molecule has 3 aromatic rings. The first kappa shape index (κ1) is 31.0. The minimum absolute atomic E-state index is 0.0175. The van der Waals surface area contributed by atoms with E-state index in [-0.39, 0.29) is 47.0 Å². The molecule has 224 valence electrons. The largest absolute Gasteiger partial charge is 0.478 e. The second-order valence-electron chi connectivity index (χ2n) is 10.4. The molecule has 4 rings (SSSR count). The number of carbonyl (C=O) groups is 2. The summed E-state index contributed by atoms with van der Waals surface area (Å²) in [5.74, 6) is -1.89. The number of benzene rings is 2. The molecule has 0 radical (unpaired) electrons. The van der Waals surface area contributed by atoms with Crippen LogP contribution in [0.2, 0.25) is 0 Å². The third-order valence-electron chi connectivity index (χ3n) is 7.59. The lowest BCUT2D eigenvalue weighted by Gasteiger charge is -2.49. The quantitative estimate of drug-likeness (QED) is 0.331. The zero-order valence-electron chi connectivity index (χ0n) is 23.5. The van der Waals surface area contributed by atoms with E-state index in [2.05, 4.69) is 15.0 Å². The summed E-state index contributed by atoms with van der Waals surface area (Å²) in [6.45, 7) is 3.21. The Balaban J connectivity index is 1.69. The fourth-order valence-corrected chi connectivity index (χ4v) is 6.38. The first-order valence-corrected chi connectivity index (χ1v) is 15.1. The summed E-state index contributed by atoms with van der Waals surface area (Å²) in [6, 6.07) is 14.1. The summed E-state index contributed by atoms with van der Waals surface area (Å²) in [4.78, 5) is 32.1. The number of aromatic carboxylic acids is 1. The van der Waals surface area contributed by atoms with Crippen molar-refractivity contribution in [3.8, 4) is 5.88 Å². The number of fused-ring (bicyclic) bond motifs is 1. The minimum Gasteiger partial charge on any atom is -0.478 e. The number of halogens is 2. The Hall–Kier alpha value is -3.90. The van der Waals surface area contributed by atoms with E-state index in [1.807, 2.05) is 18.7 Å². The number of hydrogen-bond donors (Lipinski definition) is 2. The van der Waals surface area contributed by atoms with Gasteiger partial charge in [0.2, 0.25) is 11.8 Å². The number of nitrogens with one attached hydrogen (secondary N) is 1. The van der Waals surface area contributed by atoms with Crippen molar-refractivity contribution in [3.05, 3.63) is 88.6 Å². The molecule has 0 unspecified atom stereocenters. The van der Waals surface area contributed by atoms with Crippen LogP contribution < -0.4 is 10.1 Å². The highest BCUT2D eigenvalue weighted by Gasteiger charge is 2.51. The molecule has 0 saturated heterocycles. The molecule has 1 atom stereocenters. The Bertz CT molecular complexity index is 1550. The van der Waals surface area contributed by atoms with Crippen LogP contribution in [0.15, 0.2) is 65.7 Å². The van der Waals surface area contributed by atoms with E-state index in [4.69, 9.17) is 0 Å². The van der Waals surface area contributed by atoms with E-state index < -0.39 is 28.0 Å². The average Bonchev–Trinajstić information content (AvgIpc) is 2.96. The SMILES string of the molecule is CCS(=O)(=O)c1ccc(CNC(=O)[C@@]2(C(C)C)c3ccc(C(=O)O)cc3CCN2Cc2ccc(OC(F)F)nc2)cc1. The molecule has 0 bridgehead atoms. The van der Waals surface area contributed by atoms with Crippen molar-refractivity contribution in [3.63, 3.8) is 0 Å². The van der Waals surface area contributed by atoms with Gasteiger partial charge in [-0.15, -0.1) is 0 Å². The van der Waals surface area contributed by atoms with Crippen LogP contribution in [0.1, 0.15) is 53.4 Å². The maximum Gasteiger partial charge on any atom is 0.388 e. The van der Waals surface area contributed by atoms with Crippen molar-refractivity contribution in [2.24, 2.45) is 5.92 Å². The van der Waals surface area contributed by atoms with E-state index in [1.165, 1.54) is 30.5 Å². The molecule has 0 saturated carbocycles. The summed E-state index contributed by atoms with van der Waals surface area (Å²) in [6.07, 6.45) is 1.92. The number of ether oxygens (including phenoxy) is 1. The van der Waals surface area contributed by atoms with Gasteiger partial charge in [-0.05, 0) is 58.9 Å². The standard InChI is InChI=1S/C30H33F2N3O6S/c1-4-42(39,40)24-9-5-20(6-10-24)16-34-28(38)30(19(2)3)25-11-8-23(27(36)37)15-22(25)13-14-35(30)18-21-7-12-26(33-17-21)41-29(31)32/h5-12,15,17,19,29H,4,13-14,16,18H2,1-3H3,(H,34,38)(H,36,37)/t30-/m1/s1. The second-order valence-corrected chi connectivity index (χ2v) is 12.7. The second kappa shape index (κ2) is 12.5. The van der Waals surface area contributed by atoms with E-state index in [1.54, 1.807) is 37.3 Å². The van der Waals surface area contributed by atoms with Gasteiger partial charge in [0.1, 0.15) is 5.54 Å². The van der Waals surface area contributed by atoms with Crippen LogP contribution in [-0.4, -0.2) is 54.2 Å². The van der Waals surface area contributed by atoms with Crippen LogP contribution in [0, 0.1) is 5.92 Å². The molecule has 2 aromatic carbocycles. The number of carboxylic acid groups (broad SMARTS) is 1. The Labute approximate surface area is 243 Å². The molecule has 0 fully saturated rings. The van der Waals surface area contributed by atoms with E-state index in [0.717, 1.165) is 5.56 Å². The Morgan fingerprint density at radius 3 is 2.36 bits per heavy atom. The number of aromatic nitrogens is 1. The van der Waals surface area contributed by atoms with Gasteiger partial charge >= 0.3 is 12.6 Å². The number of hydrogen-bond acceptors (Lipinski definition) is 7. The number of sulfone groups is 1. The van der Waals surface area contributed by atoms with Gasteiger partial charge in [-0.2, -0.15) is 8.78 Å². The van der Waals surface area contributed by atoms with Crippen LogP contribution >= 0.6 is 0 Å². The number of alkyl halides is 2. The average molecular weight is 602 g/mol. The molecule has 0 spiro atoms. The molecule has 1 amide bonds. The molecule has 9 nitrogen and oxygen atoms in total. The smallest absolute Gasteiger partial charge is 0.388 e. The third-order valence-corrected chi connectivity index (χ3v) is 9.34. The van der Waals surface area contributed by atoms with Crippen molar-refractivity contribution in [1.82, 2.24) is 15.2 Å². The van der Waals surface area contributed by atoms with Crippen LogP contribution in [0.3, 0.4) is 0 Å². The Morgan fingerprint density at radius 1 is 1.10 bits per heavy atom. The summed E-state index contributed by atoms with van der Waals surface area (Å²) in [7, 11) is -3.36. The lowest BCUT2D eigenvalue weighted by atomic mass is 9.72. The lowest BCUT2D eigenvalue weighted by molar-refractivity contribution is -0.140. The molecule has 2 heterocycles. The molecular weight excluding hydrogens is 568 g/mol. The van der Waals surface area contributed by atoms with Gasteiger partial charge in [-0.1, -0.05) is 45.0 Å². The van der Waals surface area contributed by atoms with Crippen LogP contribution in [0.5, 0.6) is 5.88 Å². The van der Waals surface area contributed by atoms with Crippen molar-refractivity contribution >= 4 is 21.7 Å². The maximum atomic E-state index is 14.3. The number of rotatable bonds is 11. The van der Waals surface area contributed by atoms with E-state index in [9.17, 15) is 31.9 Å². The minimum atomic E-state index is -3.36. The highest BCUT2D eigenvalue weighted by molar-refractivity contribution is 7.91. The number of carbonyl (C=O) groups excluding carboxylic acids is 1. The molecule has 1 aliphatic rings. The number of amides is 1. The monoisotopic (exact) mass is 601 g/mol. The van der Waals surface area contributed by atoms with Crippen molar-refractivity contribution in [2.45, 2.75) is 57.3 Å². The van der Waals surface area contributed by atoms with Gasteiger partial charge in [0.25, 0.3) is 0 Å². The summed E-state index contributed by atoms with van der Waals surface area (Å²) < 4.78 is 53.9. The lowest BCUT2D eigenvalue weighted by Crippen LogP contribution is -2.61. The topological polar surface area (TPSA) is 126 Å². The number of pyridine rings is 1. The molecule has 0 aliphatic carbocycles. The fourth-order valence-electron chi connectivity index (χ4n) is 5.50. The first-order chi connectivity index (χ1) is 19.9. The fraction of sp³-hybridized carbons (Fsp3) is 0.367. The van der Waals surface area contributed by atoms with Gasteiger partial charge in [-0.25, -0.2) is 18.2 Å². The zero-order valence-corrected chi connectivity index (χ0v) is 24.3. The third kappa shape index (κ3) is 6.29. The number of nitrogens with zero attached hydrogens (tertiary/aromatic N) is 2. The first-order valence-electron chi connectivity index (χ1n) is 13.5. The van der Waals surface area contributed by atoms with E-state index >= 15 is 0 Å². The highest BCUT2D eigenvalue weighted by Crippen LogP contribution is 2.43. The molecule has 42 heavy (non-hydrogen) atoms. The van der Waals surface area contributed by atoms with Gasteiger partial charge < -0.3 is 15.2 Å². The maximum absolute atomic E-state index is 14.3. The van der Waals surface area contributed by atoms with Crippen LogP contribution in [0.4, 0.5) is 8.78 Å². The number of carboxylic acids is 1. The van der Waals surface area contributed by atoms with Crippen molar-refractivity contribution in [1.29, 1.82) is 0 Å². The Morgan fingerprint density at radius 2 is 1.79 bits per heavy atom. The van der Waals surface area contributed by atoms with Gasteiger partial charge in [-0.3, -0.25) is 9.69 Å². The van der Waals surface area contributed by atoms with E-state index in [0.29, 0.717) is 29.7 Å².